The average molecular weight is 273 g/mol. The van der Waals surface area contributed by atoms with Gasteiger partial charge in [-0.3, -0.25) is 0 Å². The molecule has 116 valence electrons. The summed E-state index contributed by atoms with van der Waals surface area (Å²) in [6.45, 7) is 14.2. The zero-order valence-corrected chi connectivity index (χ0v) is 13.8. The van der Waals surface area contributed by atoms with Crippen molar-refractivity contribution in [2.24, 2.45) is 11.8 Å². The summed E-state index contributed by atoms with van der Waals surface area (Å²) in [5.41, 5.74) is 0. The molecule has 19 heavy (non-hydrogen) atoms. The van der Waals surface area contributed by atoms with Crippen molar-refractivity contribution in [3.63, 3.8) is 0 Å². The molecule has 0 aliphatic rings. The van der Waals surface area contributed by atoms with Crippen molar-refractivity contribution in [1.82, 2.24) is 5.32 Å². The Morgan fingerprint density at radius 1 is 0.947 bits per heavy atom. The molecule has 0 aromatic carbocycles. The first kappa shape index (κ1) is 18.9. The molecule has 0 rings (SSSR count). The summed E-state index contributed by atoms with van der Waals surface area (Å²) in [5, 5.41) is 13.2. The second kappa shape index (κ2) is 10.6. The fraction of sp³-hybridized carbons (Fsp3) is 1.00. The topological polar surface area (TPSA) is 41.5 Å². The predicted octanol–water partition coefficient (Wildman–Crippen LogP) is 3.21. The molecule has 0 fully saturated rings. The fourth-order valence-electron chi connectivity index (χ4n) is 2.09. The molecule has 0 radical (unpaired) electrons. The van der Waals surface area contributed by atoms with Crippen LogP contribution in [-0.2, 0) is 4.74 Å². The van der Waals surface area contributed by atoms with Crippen LogP contribution in [0.15, 0.2) is 0 Å². The molecule has 0 bridgehead atoms. The van der Waals surface area contributed by atoms with Gasteiger partial charge in [0.05, 0.1) is 18.8 Å². The third-order valence-electron chi connectivity index (χ3n) is 3.26. The molecular weight excluding hydrogens is 238 g/mol. The summed E-state index contributed by atoms with van der Waals surface area (Å²) >= 11 is 0. The number of hydrogen-bond donors (Lipinski definition) is 2. The summed E-state index contributed by atoms with van der Waals surface area (Å²) in [7, 11) is 0. The van der Waals surface area contributed by atoms with Crippen molar-refractivity contribution < 1.29 is 9.84 Å². The number of aliphatic hydroxyl groups is 1. The van der Waals surface area contributed by atoms with E-state index in [0.29, 0.717) is 25.1 Å². The zero-order chi connectivity index (χ0) is 14.8. The highest BCUT2D eigenvalue weighted by Crippen LogP contribution is 2.08. The molecule has 3 heteroatoms. The van der Waals surface area contributed by atoms with Crippen LogP contribution < -0.4 is 5.32 Å². The Balaban J connectivity index is 3.60. The van der Waals surface area contributed by atoms with Crippen molar-refractivity contribution in [2.45, 2.75) is 79.1 Å². The van der Waals surface area contributed by atoms with Gasteiger partial charge in [0.1, 0.15) is 0 Å². The lowest BCUT2D eigenvalue weighted by Gasteiger charge is -2.20. The van der Waals surface area contributed by atoms with E-state index >= 15 is 0 Å². The molecule has 0 aromatic heterocycles. The molecule has 0 aliphatic carbocycles. The number of aliphatic hydroxyl groups excluding tert-OH is 1. The predicted molar refractivity (Wildman–Crippen MR) is 82.4 cm³/mol. The lowest BCUT2D eigenvalue weighted by molar-refractivity contribution is -0.00921. The minimum atomic E-state index is -0.406. The van der Waals surface area contributed by atoms with E-state index < -0.39 is 6.10 Å². The number of ether oxygens (including phenoxy) is 1. The maximum Gasteiger partial charge on any atom is 0.0897 e. The van der Waals surface area contributed by atoms with Crippen molar-refractivity contribution >= 4 is 0 Å². The zero-order valence-electron chi connectivity index (χ0n) is 13.8. The van der Waals surface area contributed by atoms with Crippen LogP contribution in [0.3, 0.4) is 0 Å². The molecule has 0 spiro atoms. The van der Waals surface area contributed by atoms with Gasteiger partial charge in [-0.05, 0) is 44.9 Å². The summed E-state index contributed by atoms with van der Waals surface area (Å²) in [6.07, 6.45) is 3.26. The van der Waals surface area contributed by atoms with Crippen LogP contribution >= 0.6 is 0 Å². The van der Waals surface area contributed by atoms with Gasteiger partial charge in [-0.25, -0.2) is 0 Å². The van der Waals surface area contributed by atoms with Gasteiger partial charge in [0.15, 0.2) is 0 Å². The van der Waals surface area contributed by atoms with Crippen molar-refractivity contribution in [1.29, 1.82) is 0 Å². The van der Waals surface area contributed by atoms with Gasteiger partial charge in [0.2, 0.25) is 0 Å². The maximum absolute atomic E-state index is 9.87. The summed E-state index contributed by atoms with van der Waals surface area (Å²) in [6, 6.07) is 0.463. The van der Waals surface area contributed by atoms with E-state index in [1.54, 1.807) is 0 Å². The van der Waals surface area contributed by atoms with E-state index in [1.807, 2.05) is 0 Å². The van der Waals surface area contributed by atoms with Crippen LogP contribution in [0.1, 0.15) is 60.8 Å². The normalized spacial score (nSPS) is 16.9. The van der Waals surface area contributed by atoms with E-state index in [1.165, 1.54) is 6.42 Å². The molecule has 0 amide bonds. The molecule has 0 unspecified atom stereocenters. The monoisotopic (exact) mass is 273 g/mol. The Bertz CT molecular complexity index is 207. The van der Waals surface area contributed by atoms with Crippen LogP contribution in [0.2, 0.25) is 0 Å². The molecule has 0 heterocycles. The summed E-state index contributed by atoms with van der Waals surface area (Å²) < 4.78 is 5.66. The van der Waals surface area contributed by atoms with Gasteiger partial charge in [0, 0.05) is 12.6 Å². The van der Waals surface area contributed by atoms with E-state index in [2.05, 4.69) is 46.9 Å². The summed E-state index contributed by atoms with van der Waals surface area (Å²) in [4.78, 5) is 0. The van der Waals surface area contributed by atoms with Crippen LogP contribution in [0, 0.1) is 11.8 Å². The second-order valence-electron chi connectivity index (χ2n) is 6.71. The van der Waals surface area contributed by atoms with E-state index in [-0.39, 0.29) is 6.10 Å². The highest BCUT2D eigenvalue weighted by Gasteiger charge is 2.11. The van der Waals surface area contributed by atoms with Crippen molar-refractivity contribution in [3.8, 4) is 0 Å². The highest BCUT2D eigenvalue weighted by molar-refractivity contribution is 4.66. The Labute approximate surface area is 120 Å². The molecule has 3 atom stereocenters. The highest BCUT2D eigenvalue weighted by atomic mass is 16.5. The first-order chi connectivity index (χ1) is 8.81. The fourth-order valence-corrected chi connectivity index (χ4v) is 2.09. The van der Waals surface area contributed by atoms with Crippen LogP contribution in [-0.4, -0.2) is 36.5 Å². The van der Waals surface area contributed by atoms with Crippen molar-refractivity contribution in [2.75, 3.05) is 13.2 Å². The Morgan fingerprint density at radius 3 is 2.11 bits per heavy atom. The third kappa shape index (κ3) is 12.6. The third-order valence-corrected chi connectivity index (χ3v) is 3.26. The molecule has 0 aliphatic heterocycles. The van der Waals surface area contributed by atoms with Gasteiger partial charge in [-0.1, -0.05) is 27.7 Å². The van der Waals surface area contributed by atoms with Gasteiger partial charge < -0.3 is 15.2 Å². The molecule has 0 saturated carbocycles. The molecule has 0 aromatic rings. The average Bonchev–Trinajstić information content (AvgIpc) is 2.30. The minimum Gasteiger partial charge on any atom is -0.389 e. The standard InChI is InChI=1S/C16H35NO2/c1-12(2)7-8-14(5)17-10-16(18)11-19-15(6)9-13(3)4/h12-18H,7-11H2,1-6H3/t14-,15-,16+/m0/s1. The lowest BCUT2D eigenvalue weighted by atomic mass is 10.0. The number of rotatable bonds is 11. The lowest BCUT2D eigenvalue weighted by Crippen LogP contribution is -2.36. The molecule has 3 nitrogen and oxygen atoms in total. The second-order valence-corrected chi connectivity index (χ2v) is 6.71. The quantitative estimate of drug-likeness (QED) is 0.607. The Hall–Kier alpha value is -0.120. The van der Waals surface area contributed by atoms with Gasteiger partial charge in [-0.2, -0.15) is 0 Å². The van der Waals surface area contributed by atoms with Crippen molar-refractivity contribution in [3.05, 3.63) is 0 Å². The molecular formula is C16H35NO2. The van der Waals surface area contributed by atoms with E-state index in [0.717, 1.165) is 18.8 Å². The smallest absolute Gasteiger partial charge is 0.0897 e. The molecule has 2 N–H and O–H groups in total. The van der Waals surface area contributed by atoms with Gasteiger partial charge in [0.25, 0.3) is 0 Å². The SMILES string of the molecule is CC(C)CC[C@H](C)NC[C@@H](O)CO[C@@H](C)CC(C)C. The Kier molecular flexibility index (Phi) is 10.6. The van der Waals surface area contributed by atoms with E-state index in [4.69, 9.17) is 4.74 Å². The first-order valence-corrected chi connectivity index (χ1v) is 7.84. The summed E-state index contributed by atoms with van der Waals surface area (Å²) in [5.74, 6) is 1.38. The maximum atomic E-state index is 9.87. The largest absolute Gasteiger partial charge is 0.389 e. The van der Waals surface area contributed by atoms with Gasteiger partial charge >= 0.3 is 0 Å². The number of nitrogens with one attached hydrogen (secondary N) is 1. The molecule has 0 saturated heterocycles. The van der Waals surface area contributed by atoms with Gasteiger partial charge in [-0.15, -0.1) is 0 Å². The Morgan fingerprint density at radius 2 is 1.58 bits per heavy atom. The van der Waals surface area contributed by atoms with E-state index in [9.17, 15) is 5.11 Å². The van der Waals surface area contributed by atoms with Crippen LogP contribution in [0.25, 0.3) is 0 Å². The van der Waals surface area contributed by atoms with Crippen LogP contribution in [0.4, 0.5) is 0 Å². The van der Waals surface area contributed by atoms with Crippen LogP contribution in [0.5, 0.6) is 0 Å². The number of hydrogen-bond acceptors (Lipinski definition) is 3. The first-order valence-electron chi connectivity index (χ1n) is 7.84. The minimum absolute atomic E-state index is 0.230.